The molecular formula is C14H23N3O3S. The molecule has 1 atom stereocenters. The molecule has 118 valence electrons. The summed E-state index contributed by atoms with van der Waals surface area (Å²) in [5, 5.41) is 0. The Morgan fingerprint density at radius 1 is 1.38 bits per heavy atom. The predicted octanol–water partition coefficient (Wildman–Crippen LogP) is 0.461. The maximum Gasteiger partial charge on any atom is 0.279 e. The van der Waals surface area contributed by atoms with Gasteiger partial charge in [-0.05, 0) is 18.9 Å². The van der Waals surface area contributed by atoms with Gasteiger partial charge in [-0.15, -0.1) is 0 Å². The van der Waals surface area contributed by atoms with Crippen molar-refractivity contribution in [3.8, 4) is 0 Å². The molecule has 3 N–H and O–H groups in total. The van der Waals surface area contributed by atoms with Crippen LogP contribution < -0.4 is 10.5 Å². The van der Waals surface area contributed by atoms with Gasteiger partial charge in [0.1, 0.15) is 0 Å². The van der Waals surface area contributed by atoms with Crippen molar-refractivity contribution in [1.82, 2.24) is 9.03 Å². The summed E-state index contributed by atoms with van der Waals surface area (Å²) in [4.78, 5) is 0. The summed E-state index contributed by atoms with van der Waals surface area (Å²) in [5.41, 5.74) is 6.58. The molecule has 0 unspecified atom stereocenters. The molecule has 1 aliphatic heterocycles. The number of benzene rings is 1. The second kappa shape index (κ2) is 6.85. The quantitative estimate of drug-likeness (QED) is 0.716. The lowest BCUT2D eigenvalue weighted by Gasteiger charge is -2.20. The highest BCUT2D eigenvalue weighted by Gasteiger charge is 2.36. The molecule has 1 fully saturated rings. The van der Waals surface area contributed by atoms with Crippen molar-refractivity contribution in [2.75, 3.05) is 26.2 Å². The molecule has 7 heteroatoms. The number of nitrogens with zero attached hydrogens (tertiary/aromatic N) is 1. The number of rotatable bonds is 7. The zero-order valence-electron chi connectivity index (χ0n) is 12.3. The molecule has 1 heterocycles. The van der Waals surface area contributed by atoms with Gasteiger partial charge >= 0.3 is 0 Å². The molecule has 0 bridgehead atoms. The minimum absolute atomic E-state index is 0.257. The average molecular weight is 313 g/mol. The highest BCUT2D eigenvalue weighted by Crippen LogP contribution is 2.19. The van der Waals surface area contributed by atoms with Gasteiger partial charge in [0.2, 0.25) is 0 Å². The first-order chi connectivity index (χ1) is 9.89. The van der Waals surface area contributed by atoms with Gasteiger partial charge in [0.15, 0.2) is 0 Å². The zero-order chi connectivity index (χ0) is 15.3. The van der Waals surface area contributed by atoms with Crippen LogP contribution in [-0.4, -0.2) is 44.5 Å². The lowest BCUT2D eigenvalue weighted by atomic mass is 10.0. The maximum absolute atomic E-state index is 12.1. The number of ether oxygens (including phenoxy) is 1. The second-order valence-electron chi connectivity index (χ2n) is 5.68. The lowest BCUT2D eigenvalue weighted by Crippen LogP contribution is -2.45. The van der Waals surface area contributed by atoms with Gasteiger partial charge in [0.25, 0.3) is 10.2 Å². The Balaban J connectivity index is 1.68. The van der Waals surface area contributed by atoms with Crippen molar-refractivity contribution in [3.05, 3.63) is 35.9 Å². The summed E-state index contributed by atoms with van der Waals surface area (Å²) >= 11 is 0. The van der Waals surface area contributed by atoms with Crippen LogP contribution in [-0.2, 0) is 21.6 Å². The van der Waals surface area contributed by atoms with E-state index >= 15 is 0 Å². The van der Waals surface area contributed by atoms with Crippen LogP contribution >= 0.6 is 0 Å². The highest BCUT2D eigenvalue weighted by molar-refractivity contribution is 7.87. The van der Waals surface area contributed by atoms with E-state index in [0.717, 1.165) is 5.56 Å². The van der Waals surface area contributed by atoms with Crippen LogP contribution in [0, 0.1) is 0 Å². The van der Waals surface area contributed by atoms with E-state index in [4.69, 9.17) is 10.5 Å². The summed E-state index contributed by atoms with van der Waals surface area (Å²) in [6.07, 6.45) is 0.679. The van der Waals surface area contributed by atoms with E-state index in [9.17, 15) is 8.42 Å². The van der Waals surface area contributed by atoms with Gasteiger partial charge in [-0.25, -0.2) is 0 Å². The smallest absolute Gasteiger partial charge is 0.279 e. The fourth-order valence-corrected chi connectivity index (χ4v) is 3.56. The zero-order valence-corrected chi connectivity index (χ0v) is 13.1. The Bertz CT molecular complexity index is 546. The fraction of sp³-hybridized carbons (Fsp3) is 0.571. The third-order valence-electron chi connectivity index (χ3n) is 3.45. The van der Waals surface area contributed by atoms with E-state index in [1.807, 2.05) is 37.3 Å². The highest BCUT2D eigenvalue weighted by atomic mass is 32.2. The van der Waals surface area contributed by atoms with E-state index in [1.54, 1.807) is 0 Å². The monoisotopic (exact) mass is 313 g/mol. The molecule has 0 spiro atoms. The van der Waals surface area contributed by atoms with E-state index in [2.05, 4.69) is 4.72 Å². The van der Waals surface area contributed by atoms with Crippen molar-refractivity contribution in [1.29, 1.82) is 0 Å². The van der Waals surface area contributed by atoms with Gasteiger partial charge < -0.3 is 10.5 Å². The summed E-state index contributed by atoms with van der Waals surface area (Å²) in [7, 11) is -3.45. The van der Waals surface area contributed by atoms with Gasteiger partial charge in [-0.1, -0.05) is 30.3 Å². The molecule has 2 rings (SSSR count). The van der Waals surface area contributed by atoms with E-state index in [0.29, 0.717) is 32.7 Å². The molecule has 21 heavy (non-hydrogen) atoms. The minimum Gasteiger partial charge on any atom is -0.375 e. The number of hydrogen-bond donors (Lipinski definition) is 2. The largest absolute Gasteiger partial charge is 0.375 e. The Kier molecular flexibility index (Phi) is 5.34. The van der Waals surface area contributed by atoms with Gasteiger partial charge in [-0.3, -0.25) is 0 Å². The first kappa shape index (κ1) is 16.4. The van der Waals surface area contributed by atoms with Gasteiger partial charge in [0.05, 0.1) is 13.2 Å². The number of nitrogens with one attached hydrogen (secondary N) is 1. The van der Waals surface area contributed by atoms with Crippen LogP contribution in [0.1, 0.15) is 18.9 Å². The maximum atomic E-state index is 12.1. The van der Waals surface area contributed by atoms with Crippen LogP contribution in [0.3, 0.4) is 0 Å². The SMILES string of the molecule is C[C@@]1(N)CCN(S(=O)(=O)NCCOCc2ccccc2)C1. The van der Waals surface area contributed by atoms with Crippen molar-refractivity contribution in [2.24, 2.45) is 5.73 Å². The summed E-state index contributed by atoms with van der Waals surface area (Å²) in [6, 6.07) is 9.77. The first-order valence-corrected chi connectivity index (χ1v) is 8.48. The minimum atomic E-state index is -3.45. The molecule has 0 saturated carbocycles. The van der Waals surface area contributed by atoms with Crippen molar-refractivity contribution >= 4 is 10.2 Å². The third-order valence-corrected chi connectivity index (χ3v) is 5.01. The fourth-order valence-electron chi connectivity index (χ4n) is 2.24. The van der Waals surface area contributed by atoms with Crippen LogP contribution in [0.4, 0.5) is 0 Å². The molecule has 0 aliphatic carbocycles. The third kappa shape index (κ3) is 5.05. The Morgan fingerprint density at radius 3 is 2.71 bits per heavy atom. The van der Waals surface area contributed by atoms with E-state index in [-0.39, 0.29) is 6.54 Å². The molecule has 1 saturated heterocycles. The van der Waals surface area contributed by atoms with Crippen LogP contribution in [0.15, 0.2) is 30.3 Å². The van der Waals surface area contributed by atoms with Crippen molar-refractivity contribution < 1.29 is 13.2 Å². The second-order valence-corrected chi connectivity index (χ2v) is 7.43. The summed E-state index contributed by atoms with van der Waals surface area (Å²) < 4.78 is 33.5. The van der Waals surface area contributed by atoms with E-state index in [1.165, 1.54) is 4.31 Å². The van der Waals surface area contributed by atoms with Crippen LogP contribution in [0.2, 0.25) is 0 Å². The molecule has 1 aliphatic rings. The number of nitrogens with two attached hydrogens (primary N) is 1. The normalized spacial score (nSPS) is 23.5. The molecular weight excluding hydrogens is 290 g/mol. The Labute approximate surface area is 126 Å². The Morgan fingerprint density at radius 2 is 2.10 bits per heavy atom. The van der Waals surface area contributed by atoms with Crippen LogP contribution in [0.5, 0.6) is 0 Å². The summed E-state index contributed by atoms with van der Waals surface area (Å²) in [6.45, 7) is 3.76. The summed E-state index contributed by atoms with van der Waals surface area (Å²) in [5.74, 6) is 0. The van der Waals surface area contributed by atoms with Crippen molar-refractivity contribution in [3.63, 3.8) is 0 Å². The molecule has 0 aromatic heterocycles. The average Bonchev–Trinajstić information content (AvgIpc) is 2.81. The topological polar surface area (TPSA) is 84.7 Å². The van der Waals surface area contributed by atoms with Crippen LogP contribution in [0.25, 0.3) is 0 Å². The lowest BCUT2D eigenvalue weighted by molar-refractivity contribution is 0.125. The van der Waals surface area contributed by atoms with Crippen molar-refractivity contribution in [2.45, 2.75) is 25.5 Å². The standard InChI is InChI=1S/C14H23N3O3S/c1-14(15)7-9-17(12-14)21(18,19)16-8-10-20-11-13-5-3-2-4-6-13/h2-6,16H,7-12,15H2,1H3/t14-/m1/s1. The molecule has 1 aromatic rings. The van der Waals surface area contributed by atoms with E-state index < -0.39 is 15.7 Å². The first-order valence-electron chi connectivity index (χ1n) is 7.04. The molecule has 0 amide bonds. The predicted molar refractivity (Wildman–Crippen MR) is 81.8 cm³/mol. The number of hydrogen-bond acceptors (Lipinski definition) is 4. The van der Waals surface area contributed by atoms with Gasteiger partial charge in [0, 0.05) is 25.2 Å². The van der Waals surface area contributed by atoms with Gasteiger partial charge in [-0.2, -0.15) is 17.4 Å². The Hall–Kier alpha value is -0.990. The molecule has 0 radical (unpaired) electrons. The molecule has 6 nitrogen and oxygen atoms in total. The molecule has 1 aromatic carbocycles.